The van der Waals surface area contributed by atoms with Crippen LogP contribution in [0.1, 0.15) is 32.6 Å². The van der Waals surface area contributed by atoms with Crippen LogP contribution in [0.2, 0.25) is 0 Å². The van der Waals surface area contributed by atoms with Crippen LogP contribution in [0.3, 0.4) is 0 Å². The first-order valence-corrected chi connectivity index (χ1v) is 4.19. The summed E-state index contributed by atoms with van der Waals surface area (Å²) in [6.45, 7) is 2.17. The Morgan fingerprint density at radius 1 is 1.33 bits per heavy atom. The molecule has 0 rings (SSSR count). The predicted molar refractivity (Wildman–Crippen MR) is 47.1 cm³/mol. The first kappa shape index (κ1) is 9.64. The summed E-state index contributed by atoms with van der Waals surface area (Å²) < 4.78 is -0.505. The van der Waals surface area contributed by atoms with Crippen LogP contribution < -0.4 is 0 Å². The van der Waals surface area contributed by atoms with E-state index in [0.717, 1.165) is 12.8 Å². The summed E-state index contributed by atoms with van der Waals surface area (Å²) in [5, 5.41) is 0. The molecule has 0 aliphatic rings. The van der Waals surface area contributed by atoms with Crippen LogP contribution in [-0.4, -0.2) is 12.1 Å². The average Bonchev–Trinajstić information content (AvgIpc) is 1.63. The molecule has 0 aliphatic carbocycles. The summed E-state index contributed by atoms with van der Waals surface area (Å²) in [6.07, 6.45) is 4.50. The van der Waals surface area contributed by atoms with E-state index in [9.17, 15) is 0 Å². The van der Waals surface area contributed by atoms with E-state index in [-0.39, 0.29) is 0 Å². The lowest BCUT2D eigenvalue weighted by Crippen LogP contribution is -2.11. The third kappa shape index (κ3) is 8.64. The van der Waals surface area contributed by atoms with Crippen LogP contribution in [0, 0.1) is 0 Å². The van der Waals surface area contributed by atoms with Crippen molar-refractivity contribution < 1.29 is 0 Å². The Kier molecular flexibility index (Phi) is 4.78. The maximum atomic E-state index is 5.73. The highest BCUT2D eigenvalue weighted by Gasteiger charge is 2.14. The van der Waals surface area contributed by atoms with E-state index in [1.54, 1.807) is 0 Å². The van der Waals surface area contributed by atoms with Gasteiger partial charge in [-0.25, -0.2) is 0 Å². The van der Waals surface area contributed by atoms with Gasteiger partial charge < -0.3 is 0 Å². The molecule has 0 fully saturated rings. The van der Waals surface area contributed by atoms with E-state index in [4.69, 9.17) is 23.2 Å². The lowest BCUT2D eigenvalue weighted by Gasteiger charge is -2.11. The fourth-order valence-corrected chi connectivity index (χ4v) is 0.953. The molecule has 9 heavy (non-hydrogen) atoms. The Labute approximate surface area is 68.3 Å². The van der Waals surface area contributed by atoms with Crippen molar-refractivity contribution in [2.24, 2.45) is 0 Å². The largest absolute Gasteiger partial charge is 0.148 e. The first-order chi connectivity index (χ1) is 4.06. The average molecular weight is 167 g/mol. The molecule has 0 heterocycles. The van der Waals surface area contributed by atoms with Gasteiger partial charge in [-0.1, -0.05) is 26.2 Å². The third-order valence-electron chi connectivity index (χ3n) is 1.22. The van der Waals surface area contributed by atoms with Crippen LogP contribution in [0.15, 0.2) is 0 Å². The minimum atomic E-state index is -0.505. The number of rotatable bonds is 4. The van der Waals surface area contributed by atoms with E-state index < -0.39 is 4.23 Å². The van der Waals surface area contributed by atoms with Crippen molar-refractivity contribution in [2.45, 2.75) is 36.8 Å². The summed E-state index contributed by atoms with van der Waals surface area (Å²) in [5.41, 5.74) is 0. The highest BCUT2D eigenvalue weighted by atomic mass is 35.5. The Morgan fingerprint density at radius 3 is 2.22 bits per heavy atom. The maximum Gasteiger partial charge on any atom is 0.148 e. The second kappa shape index (κ2) is 4.46. The van der Waals surface area contributed by atoms with Crippen molar-refractivity contribution in [2.75, 3.05) is 0 Å². The Morgan fingerprint density at radius 2 is 1.89 bits per heavy atom. The molecule has 0 aromatic carbocycles. The van der Waals surface area contributed by atoms with Crippen molar-refractivity contribution in [3.63, 3.8) is 0 Å². The van der Waals surface area contributed by atoms with Gasteiger partial charge in [0.2, 0.25) is 0 Å². The topological polar surface area (TPSA) is 0 Å². The van der Waals surface area contributed by atoms with Crippen molar-refractivity contribution in [3.8, 4) is 0 Å². The summed E-state index contributed by atoms with van der Waals surface area (Å²) >= 11 is 11.5. The van der Waals surface area contributed by atoms with Crippen LogP contribution in [0.5, 0.6) is 0 Å². The van der Waals surface area contributed by atoms with Gasteiger partial charge in [-0.3, -0.25) is 0 Å². The number of hydrogen-bond acceptors (Lipinski definition) is 0. The Hall–Kier alpha value is 0.645. The van der Waals surface area contributed by atoms with Crippen LogP contribution in [0.4, 0.5) is 0 Å². The Bertz CT molecular complexity index is 67.9. The molecule has 0 radical (unpaired) electrons. The molecule has 0 nitrogen and oxygen atoms in total. The second-order valence-electron chi connectivity index (χ2n) is 2.53. The van der Waals surface area contributed by atoms with E-state index >= 15 is 0 Å². The summed E-state index contributed by atoms with van der Waals surface area (Å²) in [6, 6.07) is 0. The number of alkyl halides is 2. The van der Waals surface area contributed by atoms with Gasteiger partial charge in [-0.05, 0) is 6.42 Å². The third-order valence-corrected chi connectivity index (χ3v) is 1.60. The quantitative estimate of drug-likeness (QED) is 0.342. The van der Waals surface area contributed by atoms with Gasteiger partial charge in [0.15, 0.2) is 0 Å². The summed E-state index contributed by atoms with van der Waals surface area (Å²) in [5.74, 6) is 0. The molecular formula is C6H13BCl2. The Balaban J connectivity index is 3.07. The number of hydrogen-bond donors (Lipinski definition) is 0. The first-order valence-electron chi connectivity index (χ1n) is 3.44. The molecule has 0 spiro atoms. The SMILES string of the molecule is BC(Cl)(Cl)CCCCC. The lowest BCUT2D eigenvalue weighted by molar-refractivity contribution is 0.677. The van der Waals surface area contributed by atoms with Crippen LogP contribution in [-0.2, 0) is 0 Å². The van der Waals surface area contributed by atoms with Crippen molar-refractivity contribution in [1.29, 1.82) is 0 Å². The van der Waals surface area contributed by atoms with Crippen LogP contribution in [0.25, 0.3) is 0 Å². The second-order valence-corrected chi connectivity index (χ2v) is 4.39. The molecular weight excluding hydrogens is 154 g/mol. The zero-order valence-electron chi connectivity index (χ0n) is 6.08. The van der Waals surface area contributed by atoms with Crippen molar-refractivity contribution in [3.05, 3.63) is 0 Å². The smallest absolute Gasteiger partial charge is 0.112 e. The number of unbranched alkanes of at least 4 members (excludes halogenated alkanes) is 2. The van der Waals surface area contributed by atoms with Gasteiger partial charge in [0.1, 0.15) is 7.85 Å². The minimum absolute atomic E-state index is 0.505. The van der Waals surface area contributed by atoms with Gasteiger partial charge in [-0.15, -0.1) is 23.2 Å². The molecule has 3 heteroatoms. The molecule has 0 saturated carbocycles. The molecule has 0 saturated heterocycles. The minimum Gasteiger partial charge on any atom is -0.112 e. The zero-order chi connectivity index (χ0) is 7.33. The van der Waals surface area contributed by atoms with Gasteiger partial charge in [0.25, 0.3) is 0 Å². The maximum absolute atomic E-state index is 5.73. The lowest BCUT2D eigenvalue weighted by atomic mass is 9.97. The van der Waals surface area contributed by atoms with E-state index in [1.165, 1.54) is 12.8 Å². The van der Waals surface area contributed by atoms with Crippen molar-refractivity contribution in [1.82, 2.24) is 0 Å². The molecule has 0 unspecified atom stereocenters. The van der Waals surface area contributed by atoms with Crippen LogP contribution >= 0.6 is 23.2 Å². The van der Waals surface area contributed by atoms with Gasteiger partial charge in [0.05, 0.1) is 4.23 Å². The van der Waals surface area contributed by atoms with E-state index in [0.29, 0.717) is 0 Å². The molecule has 0 aromatic heterocycles. The normalized spacial score (nSPS) is 11.9. The molecule has 0 aliphatic heterocycles. The molecule has 0 atom stereocenters. The molecule has 0 aromatic rings. The highest BCUT2D eigenvalue weighted by molar-refractivity contribution is 6.65. The summed E-state index contributed by atoms with van der Waals surface area (Å²) in [7, 11) is 1.84. The standard InChI is InChI=1S/C6H13BCl2/c1-2-3-4-5-6(7,8)9/h2-5,7H2,1H3. The molecule has 0 bridgehead atoms. The van der Waals surface area contributed by atoms with E-state index in [2.05, 4.69) is 6.92 Å². The summed E-state index contributed by atoms with van der Waals surface area (Å²) in [4.78, 5) is 0. The van der Waals surface area contributed by atoms with E-state index in [1.807, 2.05) is 7.85 Å². The highest BCUT2D eigenvalue weighted by Crippen LogP contribution is 2.23. The molecule has 0 N–H and O–H groups in total. The van der Waals surface area contributed by atoms with Gasteiger partial charge in [-0.2, -0.15) is 0 Å². The zero-order valence-corrected chi connectivity index (χ0v) is 7.60. The fourth-order valence-electron chi connectivity index (χ4n) is 0.685. The molecule has 0 amide bonds. The van der Waals surface area contributed by atoms with Gasteiger partial charge in [0, 0.05) is 0 Å². The monoisotopic (exact) mass is 166 g/mol. The predicted octanol–water partition coefficient (Wildman–Crippen LogP) is 2.33. The van der Waals surface area contributed by atoms with Gasteiger partial charge >= 0.3 is 0 Å². The molecule has 54 valence electrons. The van der Waals surface area contributed by atoms with Crippen molar-refractivity contribution >= 4 is 31.0 Å². The fraction of sp³-hybridized carbons (Fsp3) is 1.00. The number of halogens is 2.